The van der Waals surface area contributed by atoms with Crippen molar-refractivity contribution in [1.82, 2.24) is 0 Å². The molecule has 0 saturated heterocycles. The smallest absolute Gasteiger partial charge is 0.134 e. The van der Waals surface area contributed by atoms with Crippen molar-refractivity contribution >= 4 is 12.0 Å². The average molecular weight is 181 g/mol. The number of carbonyl (C=O) groups excluding carboxylic acids is 1. The molecule has 1 unspecified atom stereocenters. The fourth-order valence-corrected chi connectivity index (χ4v) is 2.67. The molecule has 1 aliphatic carbocycles. The lowest BCUT2D eigenvalue weighted by Crippen LogP contribution is -2.36. The monoisotopic (exact) mass is 181 g/mol. The predicted octanol–water partition coefficient (Wildman–Crippen LogP) is 2.47. The molecule has 2 nitrogen and oxygen atoms in total. The second-order valence-corrected chi connectivity index (χ2v) is 5.27. The van der Waals surface area contributed by atoms with Gasteiger partial charge in [-0.1, -0.05) is 20.8 Å². The molecule has 13 heavy (non-hydrogen) atoms. The van der Waals surface area contributed by atoms with Crippen LogP contribution >= 0.6 is 0 Å². The van der Waals surface area contributed by atoms with E-state index < -0.39 is 0 Å². The quantitative estimate of drug-likeness (QED) is 0.571. The molecule has 1 fully saturated rings. The topological polar surface area (TPSA) is 29.4 Å². The first-order valence-corrected chi connectivity index (χ1v) is 4.82. The number of aliphatic imine (C=N–C) groups is 1. The van der Waals surface area contributed by atoms with Crippen molar-refractivity contribution in [2.45, 2.75) is 40.0 Å². The van der Waals surface area contributed by atoms with Crippen molar-refractivity contribution in [3.05, 3.63) is 0 Å². The van der Waals surface area contributed by atoms with Crippen LogP contribution in [-0.2, 0) is 4.79 Å². The number of nitrogens with zero attached hydrogens (tertiary/aromatic N) is 1. The SMILES string of the molecule is CN=CC1(C)CC(=O)CC(C)(C)C1. The molecule has 0 heterocycles. The molecule has 1 atom stereocenters. The highest BCUT2D eigenvalue weighted by Crippen LogP contribution is 2.43. The molecule has 0 amide bonds. The van der Waals surface area contributed by atoms with Crippen LogP contribution < -0.4 is 0 Å². The van der Waals surface area contributed by atoms with Gasteiger partial charge in [-0.15, -0.1) is 0 Å². The summed E-state index contributed by atoms with van der Waals surface area (Å²) in [4.78, 5) is 15.6. The van der Waals surface area contributed by atoms with Gasteiger partial charge in [0.25, 0.3) is 0 Å². The van der Waals surface area contributed by atoms with Gasteiger partial charge in [0.1, 0.15) is 5.78 Å². The lowest BCUT2D eigenvalue weighted by Gasteiger charge is -2.39. The van der Waals surface area contributed by atoms with Crippen LogP contribution in [0.25, 0.3) is 0 Å². The minimum Gasteiger partial charge on any atom is -0.300 e. The van der Waals surface area contributed by atoms with E-state index in [0.717, 1.165) is 12.8 Å². The van der Waals surface area contributed by atoms with E-state index in [-0.39, 0.29) is 10.8 Å². The normalized spacial score (nSPS) is 34.0. The molecule has 74 valence electrons. The number of Topliss-reactive ketones (excluding diaryl/α,β-unsaturated/α-hetero) is 1. The number of hydrogen-bond acceptors (Lipinski definition) is 2. The van der Waals surface area contributed by atoms with Crippen LogP contribution in [0.2, 0.25) is 0 Å². The Kier molecular flexibility index (Phi) is 2.60. The Morgan fingerprint density at radius 3 is 2.38 bits per heavy atom. The zero-order chi connectivity index (χ0) is 10.1. The molecule has 0 N–H and O–H groups in total. The Balaban J connectivity index is 2.84. The largest absolute Gasteiger partial charge is 0.300 e. The molecule has 0 aromatic heterocycles. The molecule has 1 rings (SSSR count). The molecule has 0 radical (unpaired) electrons. The maximum atomic E-state index is 11.5. The number of carbonyl (C=O) groups is 1. The highest BCUT2D eigenvalue weighted by Gasteiger charge is 2.39. The van der Waals surface area contributed by atoms with Crippen molar-refractivity contribution < 1.29 is 4.79 Å². The molecule has 2 heteroatoms. The van der Waals surface area contributed by atoms with E-state index in [1.807, 2.05) is 6.21 Å². The maximum Gasteiger partial charge on any atom is 0.134 e. The van der Waals surface area contributed by atoms with Gasteiger partial charge in [0.05, 0.1) is 0 Å². The standard InChI is InChI=1S/C11H19NO/c1-10(2)5-9(13)6-11(3,7-10)8-12-4/h8H,5-7H2,1-4H3. The zero-order valence-corrected chi connectivity index (χ0v) is 9.05. The van der Waals surface area contributed by atoms with Gasteiger partial charge in [0.15, 0.2) is 0 Å². The van der Waals surface area contributed by atoms with Gasteiger partial charge in [-0.25, -0.2) is 0 Å². The molecular formula is C11H19NO. The number of rotatable bonds is 1. The summed E-state index contributed by atoms with van der Waals surface area (Å²) in [6.45, 7) is 6.44. The van der Waals surface area contributed by atoms with E-state index in [1.165, 1.54) is 0 Å². The summed E-state index contributed by atoms with van der Waals surface area (Å²) >= 11 is 0. The molecule has 1 aliphatic rings. The Labute approximate surface area is 80.4 Å². The highest BCUT2D eigenvalue weighted by atomic mass is 16.1. The summed E-state index contributed by atoms with van der Waals surface area (Å²) in [5.41, 5.74) is 0.138. The van der Waals surface area contributed by atoms with Gasteiger partial charge >= 0.3 is 0 Å². The Bertz CT molecular complexity index is 242. The van der Waals surface area contributed by atoms with Crippen LogP contribution in [0.4, 0.5) is 0 Å². The summed E-state index contributed by atoms with van der Waals surface area (Å²) in [5, 5.41) is 0. The molecule has 1 saturated carbocycles. The lowest BCUT2D eigenvalue weighted by molar-refractivity contribution is -0.125. The van der Waals surface area contributed by atoms with E-state index in [0.29, 0.717) is 12.2 Å². The van der Waals surface area contributed by atoms with Crippen molar-refractivity contribution in [2.75, 3.05) is 7.05 Å². The molecule has 0 bridgehead atoms. The maximum absolute atomic E-state index is 11.5. The van der Waals surface area contributed by atoms with Gasteiger partial charge in [0.2, 0.25) is 0 Å². The Hall–Kier alpha value is -0.660. The first-order valence-electron chi connectivity index (χ1n) is 4.82. The summed E-state index contributed by atoms with van der Waals surface area (Å²) in [6, 6.07) is 0. The van der Waals surface area contributed by atoms with Crippen molar-refractivity contribution in [3.63, 3.8) is 0 Å². The zero-order valence-electron chi connectivity index (χ0n) is 9.05. The third kappa shape index (κ3) is 2.64. The van der Waals surface area contributed by atoms with E-state index in [2.05, 4.69) is 25.8 Å². The van der Waals surface area contributed by atoms with E-state index >= 15 is 0 Å². The fourth-order valence-electron chi connectivity index (χ4n) is 2.67. The summed E-state index contributed by atoms with van der Waals surface area (Å²) in [7, 11) is 1.78. The molecule has 0 aromatic carbocycles. The predicted molar refractivity (Wildman–Crippen MR) is 55.2 cm³/mol. The van der Waals surface area contributed by atoms with Crippen molar-refractivity contribution in [1.29, 1.82) is 0 Å². The van der Waals surface area contributed by atoms with Gasteiger partial charge in [-0.05, 0) is 11.8 Å². The second kappa shape index (κ2) is 3.24. The summed E-state index contributed by atoms with van der Waals surface area (Å²) in [6.07, 6.45) is 4.38. The van der Waals surface area contributed by atoms with Crippen LogP contribution in [0.3, 0.4) is 0 Å². The summed E-state index contributed by atoms with van der Waals surface area (Å²) < 4.78 is 0. The van der Waals surface area contributed by atoms with Crippen molar-refractivity contribution in [3.8, 4) is 0 Å². The summed E-state index contributed by atoms with van der Waals surface area (Å²) in [5.74, 6) is 0.374. The first kappa shape index (κ1) is 10.4. The first-order chi connectivity index (χ1) is 5.87. The van der Waals surface area contributed by atoms with Gasteiger partial charge < -0.3 is 4.99 Å². The van der Waals surface area contributed by atoms with Gasteiger partial charge in [-0.2, -0.15) is 0 Å². The van der Waals surface area contributed by atoms with E-state index in [4.69, 9.17) is 0 Å². The molecule has 0 spiro atoms. The van der Waals surface area contributed by atoms with Crippen LogP contribution in [-0.4, -0.2) is 19.0 Å². The van der Waals surface area contributed by atoms with Crippen LogP contribution in [0.5, 0.6) is 0 Å². The third-order valence-corrected chi connectivity index (χ3v) is 2.60. The minimum atomic E-state index is -0.00637. The fraction of sp³-hybridized carbons (Fsp3) is 0.818. The highest BCUT2D eigenvalue weighted by molar-refractivity contribution is 5.85. The minimum absolute atomic E-state index is 0.00637. The van der Waals surface area contributed by atoms with Gasteiger partial charge in [0, 0.05) is 31.5 Å². The average Bonchev–Trinajstić information content (AvgIpc) is 1.78. The van der Waals surface area contributed by atoms with Crippen LogP contribution in [0, 0.1) is 10.8 Å². The van der Waals surface area contributed by atoms with Crippen LogP contribution in [0.15, 0.2) is 4.99 Å². The second-order valence-electron chi connectivity index (χ2n) is 5.27. The number of ketones is 1. The van der Waals surface area contributed by atoms with E-state index in [1.54, 1.807) is 7.05 Å². The van der Waals surface area contributed by atoms with Gasteiger partial charge in [-0.3, -0.25) is 4.79 Å². The van der Waals surface area contributed by atoms with E-state index in [9.17, 15) is 4.79 Å². The molecule has 0 aliphatic heterocycles. The van der Waals surface area contributed by atoms with Crippen molar-refractivity contribution in [2.24, 2.45) is 15.8 Å². The lowest BCUT2D eigenvalue weighted by atomic mass is 9.64. The Morgan fingerprint density at radius 2 is 1.92 bits per heavy atom. The molecular weight excluding hydrogens is 162 g/mol. The third-order valence-electron chi connectivity index (χ3n) is 2.60. The Morgan fingerprint density at radius 1 is 1.31 bits per heavy atom. The number of hydrogen-bond donors (Lipinski definition) is 0. The van der Waals surface area contributed by atoms with Crippen LogP contribution in [0.1, 0.15) is 40.0 Å². The molecule has 0 aromatic rings.